The van der Waals surface area contributed by atoms with Crippen molar-refractivity contribution in [2.45, 2.75) is 5.54 Å². The molecule has 6 aromatic rings. The summed E-state index contributed by atoms with van der Waals surface area (Å²) >= 11 is 1.65. The van der Waals surface area contributed by atoms with Crippen molar-refractivity contribution in [3.8, 4) is 0 Å². The Balaban J connectivity index is 1.75. The lowest BCUT2D eigenvalue weighted by Gasteiger charge is -2.37. The van der Waals surface area contributed by atoms with Gasteiger partial charge in [-0.15, -0.1) is 11.3 Å². The van der Waals surface area contributed by atoms with E-state index in [1.165, 1.54) is 6.07 Å². The highest BCUT2D eigenvalue weighted by atomic mass is 32.1. The molecule has 0 aliphatic heterocycles. The Kier molecular flexibility index (Phi) is 5.91. The summed E-state index contributed by atoms with van der Waals surface area (Å²) in [6.07, 6.45) is 4.01. The van der Waals surface area contributed by atoms with Crippen molar-refractivity contribution in [1.29, 1.82) is 0 Å². The van der Waals surface area contributed by atoms with E-state index >= 15 is 4.39 Å². The Labute approximate surface area is 218 Å². The molecule has 0 aliphatic rings. The molecule has 0 saturated heterocycles. The summed E-state index contributed by atoms with van der Waals surface area (Å²) in [5.41, 5.74) is 9.74. The van der Waals surface area contributed by atoms with Crippen LogP contribution in [0.5, 0.6) is 0 Å². The molecule has 0 bridgehead atoms. The molecular formula is C32H24FN3S. The van der Waals surface area contributed by atoms with Gasteiger partial charge in [-0.3, -0.25) is 0 Å². The van der Waals surface area contributed by atoms with Gasteiger partial charge < -0.3 is 5.73 Å². The number of anilines is 1. The summed E-state index contributed by atoms with van der Waals surface area (Å²) in [5.74, 6) is -0.467. The first kappa shape index (κ1) is 23.0. The van der Waals surface area contributed by atoms with Crippen LogP contribution in [0.25, 0.3) is 23.1 Å². The number of aromatic nitrogens is 2. The molecule has 0 atom stereocenters. The van der Waals surface area contributed by atoms with Crippen LogP contribution in [0.3, 0.4) is 0 Å². The smallest absolute Gasteiger partial charge is 0.148 e. The molecule has 2 heterocycles. The lowest BCUT2D eigenvalue weighted by atomic mass is 9.77. The van der Waals surface area contributed by atoms with Gasteiger partial charge in [0, 0.05) is 16.3 Å². The molecule has 2 aromatic heterocycles. The number of rotatable bonds is 6. The zero-order valence-corrected chi connectivity index (χ0v) is 20.8. The Morgan fingerprint density at radius 3 is 1.81 bits per heavy atom. The predicted molar refractivity (Wildman–Crippen MR) is 152 cm³/mol. The number of halogens is 1. The van der Waals surface area contributed by atoms with E-state index in [0.29, 0.717) is 5.52 Å². The number of nitrogen functional groups attached to an aromatic ring is 1. The van der Waals surface area contributed by atoms with E-state index < -0.39 is 11.4 Å². The van der Waals surface area contributed by atoms with Crippen LogP contribution in [0.1, 0.15) is 27.3 Å². The van der Waals surface area contributed by atoms with Gasteiger partial charge in [0.25, 0.3) is 0 Å². The van der Waals surface area contributed by atoms with Crippen LogP contribution in [-0.4, -0.2) is 9.78 Å². The van der Waals surface area contributed by atoms with Crippen molar-refractivity contribution >= 4 is 40.1 Å². The molecule has 2 N–H and O–H groups in total. The number of fused-ring (bicyclic) bond motifs is 1. The number of benzene rings is 4. The maximum atomic E-state index is 15.1. The largest absolute Gasteiger partial charge is 0.396 e. The molecule has 37 heavy (non-hydrogen) atoms. The highest BCUT2D eigenvalue weighted by Crippen LogP contribution is 2.43. The molecule has 0 radical (unpaired) electrons. The van der Waals surface area contributed by atoms with Crippen LogP contribution >= 0.6 is 11.3 Å². The zero-order chi connectivity index (χ0) is 25.2. The van der Waals surface area contributed by atoms with Crippen molar-refractivity contribution in [3.63, 3.8) is 0 Å². The monoisotopic (exact) mass is 501 g/mol. The summed E-state index contributed by atoms with van der Waals surface area (Å²) in [5, 5.41) is 8.01. The van der Waals surface area contributed by atoms with Crippen molar-refractivity contribution in [1.82, 2.24) is 9.78 Å². The van der Waals surface area contributed by atoms with E-state index in [0.717, 1.165) is 32.6 Å². The third-order valence-corrected chi connectivity index (χ3v) is 7.51. The lowest BCUT2D eigenvalue weighted by molar-refractivity contribution is 0.474. The third-order valence-electron chi connectivity index (χ3n) is 6.67. The fourth-order valence-electron chi connectivity index (χ4n) is 5.01. The summed E-state index contributed by atoms with van der Waals surface area (Å²) in [4.78, 5) is 1.11. The molecule has 0 saturated carbocycles. The molecule has 0 aliphatic carbocycles. The number of hydrogen-bond acceptors (Lipinski definition) is 3. The normalized spacial score (nSPS) is 11.9. The summed E-state index contributed by atoms with van der Waals surface area (Å²) in [6.45, 7) is 0. The van der Waals surface area contributed by atoms with Gasteiger partial charge in [0.1, 0.15) is 11.4 Å². The first-order valence-electron chi connectivity index (χ1n) is 12.0. The second-order valence-electron chi connectivity index (χ2n) is 8.85. The Morgan fingerprint density at radius 1 is 0.730 bits per heavy atom. The van der Waals surface area contributed by atoms with Crippen LogP contribution in [0.2, 0.25) is 0 Å². The average molecular weight is 502 g/mol. The average Bonchev–Trinajstić information content (AvgIpc) is 3.59. The van der Waals surface area contributed by atoms with Gasteiger partial charge in [0.2, 0.25) is 0 Å². The second kappa shape index (κ2) is 9.52. The quantitative estimate of drug-likeness (QED) is 0.187. The zero-order valence-electron chi connectivity index (χ0n) is 20.0. The predicted octanol–water partition coefficient (Wildman–Crippen LogP) is 7.83. The molecule has 0 amide bonds. The van der Waals surface area contributed by atoms with E-state index in [-0.39, 0.29) is 5.69 Å². The molecular weight excluding hydrogens is 477 g/mol. The fourth-order valence-corrected chi connectivity index (χ4v) is 5.62. The molecule has 180 valence electrons. The fraction of sp³-hybridized carbons (Fsp3) is 0.0312. The SMILES string of the molecule is Nc1cc2c(/C=C/c3cccs3)nn(C(c3ccccc3)(c3ccccc3)c3ccccc3)c2cc1F. The van der Waals surface area contributed by atoms with Gasteiger partial charge in [-0.1, -0.05) is 97.1 Å². The van der Waals surface area contributed by atoms with E-state index in [4.69, 9.17) is 10.8 Å². The number of thiophene rings is 1. The van der Waals surface area contributed by atoms with E-state index in [1.54, 1.807) is 17.4 Å². The number of nitrogens with two attached hydrogens (primary N) is 1. The highest BCUT2D eigenvalue weighted by Gasteiger charge is 2.40. The third kappa shape index (κ3) is 3.94. The first-order valence-corrected chi connectivity index (χ1v) is 12.9. The van der Waals surface area contributed by atoms with Gasteiger partial charge in [-0.25, -0.2) is 9.07 Å². The van der Waals surface area contributed by atoms with Crippen LogP contribution in [0.4, 0.5) is 10.1 Å². The van der Waals surface area contributed by atoms with Crippen molar-refractivity contribution < 1.29 is 4.39 Å². The highest BCUT2D eigenvalue weighted by molar-refractivity contribution is 7.10. The molecule has 3 nitrogen and oxygen atoms in total. The summed E-state index contributed by atoms with van der Waals surface area (Å²) in [7, 11) is 0. The number of hydrogen-bond donors (Lipinski definition) is 1. The lowest BCUT2D eigenvalue weighted by Crippen LogP contribution is -2.38. The van der Waals surface area contributed by atoms with Gasteiger partial charge >= 0.3 is 0 Å². The molecule has 0 fully saturated rings. The maximum Gasteiger partial charge on any atom is 0.148 e. The summed E-state index contributed by atoms with van der Waals surface area (Å²) < 4.78 is 17.0. The van der Waals surface area contributed by atoms with E-state index in [2.05, 4.69) is 42.5 Å². The molecule has 4 aromatic carbocycles. The van der Waals surface area contributed by atoms with Crippen LogP contribution < -0.4 is 5.73 Å². The maximum absolute atomic E-state index is 15.1. The minimum absolute atomic E-state index is 0.0996. The summed E-state index contributed by atoms with van der Waals surface area (Å²) in [6, 6.07) is 38.0. The van der Waals surface area contributed by atoms with Crippen molar-refractivity contribution in [3.05, 3.63) is 154 Å². The van der Waals surface area contributed by atoms with E-state index in [1.807, 2.05) is 82.9 Å². The van der Waals surface area contributed by atoms with Crippen LogP contribution in [0, 0.1) is 5.82 Å². The van der Waals surface area contributed by atoms with Crippen LogP contribution in [-0.2, 0) is 5.54 Å². The van der Waals surface area contributed by atoms with Gasteiger partial charge in [0.05, 0.1) is 16.9 Å². The number of nitrogens with zero attached hydrogens (tertiary/aromatic N) is 2. The second-order valence-corrected chi connectivity index (χ2v) is 9.82. The Bertz CT molecular complexity index is 1580. The first-order chi connectivity index (χ1) is 18.2. The van der Waals surface area contributed by atoms with Crippen molar-refractivity contribution in [2.24, 2.45) is 0 Å². The molecule has 0 unspecified atom stereocenters. The van der Waals surface area contributed by atoms with Gasteiger partial charge in [-0.05, 0) is 46.4 Å². The van der Waals surface area contributed by atoms with Crippen molar-refractivity contribution in [2.75, 3.05) is 5.73 Å². The minimum Gasteiger partial charge on any atom is -0.396 e. The molecule has 6 rings (SSSR count). The topological polar surface area (TPSA) is 43.8 Å². The van der Waals surface area contributed by atoms with Crippen LogP contribution in [0.15, 0.2) is 121 Å². The Morgan fingerprint density at radius 2 is 1.30 bits per heavy atom. The molecule has 0 spiro atoms. The standard InChI is InChI=1S/C32H24FN3S/c33-28-22-31-27(21-29(28)34)30(19-18-26-17-10-20-37-26)35-36(31)32(23-11-4-1-5-12-23,24-13-6-2-7-14-24)25-15-8-3-9-16-25/h1-22H,34H2/b19-18+. The minimum atomic E-state index is -0.862. The van der Waals surface area contributed by atoms with E-state index in [9.17, 15) is 0 Å². The van der Waals surface area contributed by atoms with Gasteiger partial charge in [0.15, 0.2) is 0 Å². The Hall–Kier alpha value is -4.48. The molecule has 5 heteroatoms. The van der Waals surface area contributed by atoms with Gasteiger partial charge in [-0.2, -0.15) is 5.10 Å².